The molecule has 0 aliphatic carbocycles. The van der Waals surface area contributed by atoms with Crippen molar-refractivity contribution < 1.29 is 0 Å². The zero-order valence-electron chi connectivity index (χ0n) is 9.95. The predicted molar refractivity (Wildman–Crippen MR) is 79.4 cm³/mol. The topological polar surface area (TPSA) is 15.8 Å². The van der Waals surface area contributed by atoms with Crippen LogP contribution in [0, 0.1) is 0 Å². The van der Waals surface area contributed by atoms with Crippen molar-refractivity contribution in [2.45, 2.75) is 0 Å². The van der Waals surface area contributed by atoms with Crippen molar-refractivity contribution in [1.29, 1.82) is 0 Å². The molecule has 0 aliphatic heterocycles. The molecule has 0 unspecified atom stereocenters. The normalized spacial score (nSPS) is 10.8. The van der Waals surface area contributed by atoms with Gasteiger partial charge in [0.2, 0.25) is 0 Å². The van der Waals surface area contributed by atoms with Crippen molar-refractivity contribution in [3.63, 3.8) is 0 Å². The second-order valence-electron chi connectivity index (χ2n) is 3.38. The number of allylic oxidation sites excluding steroid dienone is 4. The maximum absolute atomic E-state index is 3.83. The van der Waals surface area contributed by atoms with E-state index in [4.69, 9.17) is 0 Å². The molecular formula is C16H17N. The summed E-state index contributed by atoms with van der Waals surface area (Å²) in [6.07, 6.45) is 14.8. The standard InChI is InChI=1S/C16H17N/c1-5-9-11-15-13(7-3)14(8-4)16(17-15)12-10-6-2/h5-12,17H,1-4H2/b11-9-,12-10-. The molecule has 0 amide bonds. The molecule has 0 spiro atoms. The van der Waals surface area contributed by atoms with Crippen molar-refractivity contribution >= 4 is 24.3 Å². The molecule has 17 heavy (non-hydrogen) atoms. The largest absolute Gasteiger partial charge is 0.355 e. The van der Waals surface area contributed by atoms with Gasteiger partial charge in [-0.2, -0.15) is 0 Å². The Kier molecular flexibility index (Phi) is 4.77. The number of aromatic nitrogens is 1. The molecule has 0 fully saturated rings. The predicted octanol–water partition coefficient (Wildman–Crippen LogP) is 4.70. The number of rotatable bonds is 6. The summed E-state index contributed by atoms with van der Waals surface area (Å²) in [6, 6.07) is 0. The minimum absolute atomic E-state index is 0.999. The van der Waals surface area contributed by atoms with Crippen LogP contribution < -0.4 is 0 Å². The van der Waals surface area contributed by atoms with E-state index >= 15 is 0 Å². The second kappa shape index (κ2) is 6.33. The van der Waals surface area contributed by atoms with Crippen LogP contribution in [0.1, 0.15) is 22.5 Å². The molecular weight excluding hydrogens is 206 g/mol. The van der Waals surface area contributed by atoms with Crippen LogP contribution in [-0.4, -0.2) is 4.98 Å². The molecule has 1 N–H and O–H groups in total. The number of aromatic amines is 1. The molecule has 1 heterocycles. The van der Waals surface area contributed by atoms with Gasteiger partial charge in [0.1, 0.15) is 0 Å². The highest BCUT2D eigenvalue weighted by Gasteiger charge is 2.08. The first kappa shape index (κ1) is 12.8. The van der Waals surface area contributed by atoms with E-state index in [1.165, 1.54) is 0 Å². The highest BCUT2D eigenvalue weighted by atomic mass is 14.7. The van der Waals surface area contributed by atoms with Crippen LogP contribution in [-0.2, 0) is 0 Å². The average Bonchev–Trinajstić information content (AvgIpc) is 2.70. The van der Waals surface area contributed by atoms with Crippen LogP contribution in [0.15, 0.2) is 50.6 Å². The summed E-state index contributed by atoms with van der Waals surface area (Å²) >= 11 is 0. The summed E-state index contributed by atoms with van der Waals surface area (Å²) in [5.74, 6) is 0. The number of hydrogen-bond donors (Lipinski definition) is 1. The van der Waals surface area contributed by atoms with E-state index in [9.17, 15) is 0 Å². The van der Waals surface area contributed by atoms with Crippen LogP contribution in [0.3, 0.4) is 0 Å². The molecule has 0 saturated carbocycles. The summed E-state index contributed by atoms with van der Waals surface area (Å²) in [5.41, 5.74) is 4.08. The second-order valence-corrected chi connectivity index (χ2v) is 3.38. The van der Waals surface area contributed by atoms with Gasteiger partial charge in [-0.25, -0.2) is 0 Å². The van der Waals surface area contributed by atoms with E-state index < -0.39 is 0 Å². The summed E-state index contributed by atoms with van der Waals surface area (Å²) in [5, 5.41) is 0. The molecule has 0 aromatic carbocycles. The average molecular weight is 223 g/mol. The van der Waals surface area contributed by atoms with Gasteiger partial charge in [-0.3, -0.25) is 0 Å². The molecule has 0 atom stereocenters. The van der Waals surface area contributed by atoms with Gasteiger partial charge in [0.25, 0.3) is 0 Å². The third-order valence-corrected chi connectivity index (χ3v) is 2.35. The first-order valence-corrected chi connectivity index (χ1v) is 5.37. The molecule has 1 heteroatoms. The van der Waals surface area contributed by atoms with E-state index in [0.29, 0.717) is 0 Å². The molecule has 0 radical (unpaired) electrons. The van der Waals surface area contributed by atoms with Gasteiger partial charge in [-0.1, -0.05) is 62.8 Å². The van der Waals surface area contributed by atoms with Gasteiger partial charge >= 0.3 is 0 Å². The minimum Gasteiger partial charge on any atom is -0.355 e. The third-order valence-electron chi connectivity index (χ3n) is 2.35. The molecule has 0 saturated heterocycles. The molecule has 0 bridgehead atoms. The van der Waals surface area contributed by atoms with Gasteiger partial charge in [-0.05, 0) is 12.2 Å². The van der Waals surface area contributed by atoms with Gasteiger partial charge in [0.15, 0.2) is 0 Å². The summed E-state index contributed by atoms with van der Waals surface area (Å²) in [4.78, 5) is 3.31. The van der Waals surface area contributed by atoms with Crippen molar-refractivity contribution in [2.24, 2.45) is 0 Å². The van der Waals surface area contributed by atoms with E-state index in [1.54, 1.807) is 12.2 Å². The third kappa shape index (κ3) is 2.85. The quantitative estimate of drug-likeness (QED) is 0.673. The first-order chi connectivity index (χ1) is 8.28. The lowest BCUT2D eigenvalue weighted by atomic mass is 10.1. The maximum atomic E-state index is 3.83. The monoisotopic (exact) mass is 223 g/mol. The molecule has 1 nitrogen and oxygen atoms in total. The van der Waals surface area contributed by atoms with Crippen molar-refractivity contribution in [3.8, 4) is 0 Å². The lowest BCUT2D eigenvalue weighted by Gasteiger charge is -1.94. The lowest BCUT2D eigenvalue weighted by molar-refractivity contribution is 1.34. The summed E-state index contributed by atoms with van der Waals surface area (Å²) in [6.45, 7) is 15.0. The molecule has 1 aromatic heterocycles. The van der Waals surface area contributed by atoms with Crippen LogP contribution in [0.4, 0.5) is 0 Å². The van der Waals surface area contributed by atoms with Gasteiger partial charge in [0.05, 0.1) is 0 Å². The Balaban J connectivity index is 3.36. The highest BCUT2D eigenvalue weighted by Crippen LogP contribution is 2.24. The molecule has 0 aliphatic rings. The molecule has 86 valence electrons. The molecule has 1 aromatic rings. The number of hydrogen-bond acceptors (Lipinski definition) is 0. The Morgan fingerprint density at radius 2 is 1.12 bits per heavy atom. The van der Waals surface area contributed by atoms with Gasteiger partial charge < -0.3 is 4.98 Å². The highest BCUT2D eigenvalue weighted by molar-refractivity contribution is 5.78. The molecule has 1 rings (SSSR count). The zero-order valence-corrected chi connectivity index (χ0v) is 9.95. The van der Waals surface area contributed by atoms with Gasteiger partial charge in [-0.15, -0.1) is 0 Å². The SMILES string of the molecule is C=C/C=C\c1[nH]c(/C=C\C=C)c(C=C)c1C=C. The van der Waals surface area contributed by atoms with E-state index in [0.717, 1.165) is 22.5 Å². The van der Waals surface area contributed by atoms with E-state index in [-0.39, 0.29) is 0 Å². The minimum atomic E-state index is 0.999. The summed E-state index contributed by atoms with van der Waals surface area (Å²) in [7, 11) is 0. The van der Waals surface area contributed by atoms with Crippen LogP contribution >= 0.6 is 0 Å². The lowest BCUT2D eigenvalue weighted by Crippen LogP contribution is -1.76. The fourth-order valence-corrected chi connectivity index (χ4v) is 1.60. The van der Waals surface area contributed by atoms with Crippen LogP contribution in [0.25, 0.3) is 24.3 Å². The Labute approximate surface area is 103 Å². The Morgan fingerprint density at radius 1 is 0.706 bits per heavy atom. The van der Waals surface area contributed by atoms with Crippen molar-refractivity contribution in [3.05, 3.63) is 73.1 Å². The fourth-order valence-electron chi connectivity index (χ4n) is 1.60. The van der Waals surface area contributed by atoms with Crippen molar-refractivity contribution in [1.82, 2.24) is 4.98 Å². The van der Waals surface area contributed by atoms with Crippen LogP contribution in [0.5, 0.6) is 0 Å². The Morgan fingerprint density at radius 3 is 1.41 bits per heavy atom. The zero-order chi connectivity index (χ0) is 12.7. The van der Waals surface area contributed by atoms with Gasteiger partial charge in [0, 0.05) is 22.5 Å². The summed E-state index contributed by atoms with van der Waals surface area (Å²) < 4.78 is 0. The number of nitrogens with one attached hydrogen (secondary N) is 1. The Hall–Kier alpha value is -2.28. The van der Waals surface area contributed by atoms with Crippen molar-refractivity contribution in [2.75, 3.05) is 0 Å². The first-order valence-electron chi connectivity index (χ1n) is 5.37. The number of H-pyrrole nitrogens is 1. The maximum Gasteiger partial charge on any atom is 0.0464 e. The van der Waals surface area contributed by atoms with Crippen LogP contribution in [0.2, 0.25) is 0 Å². The Bertz CT molecular complexity index is 451. The fraction of sp³-hybridized carbons (Fsp3) is 0. The smallest absolute Gasteiger partial charge is 0.0464 e. The van der Waals surface area contributed by atoms with E-state index in [1.807, 2.05) is 36.5 Å². The van der Waals surface area contributed by atoms with E-state index in [2.05, 4.69) is 31.3 Å².